The highest BCUT2D eigenvalue weighted by molar-refractivity contribution is 8.02. The van der Waals surface area contributed by atoms with E-state index in [2.05, 4.69) is 35.5 Å². The van der Waals surface area contributed by atoms with E-state index in [9.17, 15) is 9.59 Å². The zero-order valence-electron chi connectivity index (χ0n) is 25.5. The Morgan fingerprint density at radius 3 is 2.20 bits per heavy atom. The second kappa shape index (κ2) is 18.7. The largest absolute Gasteiger partial charge is 0.493 e. The first kappa shape index (κ1) is 32.8. The Hall–Kier alpha value is -2.73. The predicted molar refractivity (Wildman–Crippen MR) is 174 cm³/mol. The third kappa shape index (κ3) is 12.0. The number of ether oxygens (including phenoxy) is 1. The van der Waals surface area contributed by atoms with E-state index in [1.165, 1.54) is 69.9 Å². The highest BCUT2D eigenvalue weighted by Crippen LogP contribution is 2.27. The van der Waals surface area contributed by atoms with Crippen LogP contribution in [0.15, 0.2) is 53.6 Å². The quantitative estimate of drug-likeness (QED) is 0.125. The minimum atomic E-state index is -0.120. The fourth-order valence-electron chi connectivity index (χ4n) is 5.23. The van der Waals surface area contributed by atoms with Gasteiger partial charge in [0.1, 0.15) is 5.75 Å². The van der Waals surface area contributed by atoms with E-state index >= 15 is 0 Å². The van der Waals surface area contributed by atoms with Crippen molar-refractivity contribution in [2.24, 2.45) is 0 Å². The molecule has 2 aromatic rings. The topological polar surface area (TPSA) is 58.6 Å². The Kier molecular flexibility index (Phi) is 14.9. The Labute approximate surface area is 252 Å². The smallest absolute Gasteiger partial charge is 0.228 e. The standard InChI is InChI=1S/C35H50N2O3S/c1-4-5-6-7-8-9-10-11-12-13-14-15-22-40-35-31(19-17-21-33(35)29(3)38)24-34(39)36-32-20-16-18-30(23-32)25-37-27-41-26-28(37)2/h16-21,23,26H,4-15,22,24-25,27H2,1-3H3,(H,36,39). The predicted octanol–water partition coefficient (Wildman–Crippen LogP) is 9.52. The van der Waals surface area contributed by atoms with Crippen LogP contribution in [0.2, 0.25) is 0 Å². The van der Waals surface area contributed by atoms with Crippen LogP contribution in [0.3, 0.4) is 0 Å². The summed E-state index contributed by atoms with van der Waals surface area (Å²) in [5.74, 6) is 1.34. The maximum atomic E-state index is 13.0. The second-order valence-electron chi connectivity index (χ2n) is 11.3. The number of anilines is 1. The summed E-state index contributed by atoms with van der Waals surface area (Å²) in [4.78, 5) is 27.7. The molecule has 0 atom stereocenters. The van der Waals surface area contributed by atoms with Gasteiger partial charge in [0, 0.05) is 23.5 Å². The van der Waals surface area contributed by atoms with Gasteiger partial charge in [0.05, 0.1) is 24.5 Å². The molecule has 0 saturated carbocycles. The third-order valence-corrected chi connectivity index (χ3v) is 8.61. The van der Waals surface area contributed by atoms with Crippen LogP contribution >= 0.6 is 11.8 Å². The summed E-state index contributed by atoms with van der Waals surface area (Å²) in [5.41, 5.74) is 4.50. The first-order chi connectivity index (χ1) is 20.0. The summed E-state index contributed by atoms with van der Waals surface area (Å²) in [6.45, 7) is 7.31. The molecule has 5 nitrogen and oxygen atoms in total. The maximum Gasteiger partial charge on any atom is 0.228 e. The van der Waals surface area contributed by atoms with E-state index in [4.69, 9.17) is 4.74 Å². The molecule has 1 aliphatic heterocycles. The number of hydrogen-bond donors (Lipinski definition) is 1. The van der Waals surface area contributed by atoms with Crippen molar-refractivity contribution in [2.75, 3.05) is 17.8 Å². The van der Waals surface area contributed by atoms with Gasteiger partial charge in [0.15, 0.2) is 5.78 Å². The van der Waals surface area contributed by atoms with Crippen LogP contribution in [0, 0.1) is 0 Å². The van der Waals surface area contributed by atoms with E-state index in [-0.39, 0.29) is 18.1 Å². The van der Waals surface area contributed by atoms with Crippen molar-refractivity contribution < 1.29 is 14.3 Å². The van der Waals surface area contributed by atoms with E-state index in [1.54, 1.807) is 24.8 Å². The SMILES string of the molecule is CCCCCCCCCCCCCCOc1c(CC(=O)Nc2cccc(CN3CSC=C3C)c2)cccc1C(C)=O. The van der Waals surface area contributed by atoms with Gasteiger partial charge in [-0.3, -0.25) is 9.59 Å². The lowest BCUT2D eigenvalue weighted by atomic mass is 10.0. The van der Waals surface area contributed by atoms with Gasteiger partial charge in [-0.15, -0.1) is 11.8 Å². The van der Waals surface area contributed by atoms with Gasteiger partial charge < -0.3 is 15.0 Å². The number of rotatable bonds is 20. The number of Topliss-reactive ketones (excluding diaryl/α,β-unsaturated/α-hetero) is 1. The van der Waals surface area contributed by atoms with Crippen LogP contribution in [0.4, 0.5) is 5.69 Å². The molecular weight excluding hydrogens is 528 g/mol. The van der Waals surface area contributed by atoms with Crippen LogP contribution in [0.5, 0.6) is 5.75 Å². The molecule has 0 fully saturated rings. The van der Waals surface area contributed by atoms with Crippen LogP contribution in [-0.2, 0) is 17.8 Å². The molecule has 0 saturated heterocycles. The molecule has 0 bridgehead atoms. The lowest BCUT2D eigenvalue weighted by Gasteiger charge is -2.19. The number of nitrogens with zero attached hydrogens (tertiary/aromatic N) is 1. The molecule has 0 unspecified atom stereocenters. The summed E-state index contributed by atoms with van der Waals surface area (Å²) >= 11 is 1.80. The summed E-state index contributed by atoms with van der Waals surface area (Å²) in [6, 6.07) is 13.5. The molecule has 0 spiro atoms. The zero-order valence-corrected chi connectivity index (χ0v) is 26.3. The average molecular weight is 579 g/mol. The molecule has 1 amide bonds. The molecule has 0 aliphatic carbocycles. The minimum absolute atomic E-state index is 0.0472. The highest BCUT2D eigenvalue weighted by Gasteiger charge is 2.17. The second-order valence-corrected chi connectivity index (χ2v) is 12.1. The number of nitrogens with one attached hydrogen (secondary N) is 1. The van der Waals surface area contributed by atoms with E-state index in [0.717, 1.165) is 42.1 Å². The van der Waals surface area contributed by atoms with Gasteiger partial charge in [-0.1, -0.05) is 102 Å². The van der Waals surface area contributed by atoms with E-state index in [0.29, 0.717) is 17.9 Å². The minimum Gasteiger partial charge on any atom is -0.493 e. The number of para-hydroxylation sites is 1. The van der Waals surface area contributed by atoms with Crippen LogP contribution in [0.1, 0.15) is 119 Å². The molecule has 41 heavy (non-hydrogen) atoms. The van der Waals surface area contributed by atoms with Gasteiger partial charge in [0.25, 0.3) is 0 Å². The average Bonchev–Trinajstić information content (AvgIpc) is 3.35. The van der Waals surface area contributed by atoms with Crippen LogP contribution in [0.25, 0.3) is 0 Å². The van der Waals surface area contributed by atoms with Crippen molar-refractivity contribution in [3.05, 3.63) is 70.3 Å². The maximum absolute atomic E-state index is 13.0. The normalized spacial score (nSPS) is 12.9. The summed E-state index contributed by atoms with van der Waals surface area (Å²) in [7, 11) is 0. The number of thioether (sulfide) groups is 1. The molecule has 0 aromatic heterocycles. The Bertz CT molecular complexity index is 1130. The lowest BCUT2D eigenvalue weighted by Crippen LogP contribution is -2.18. The van der Waals surface area contributed by atoms with Gasteiger partial charge in [-0.2, -0.15) is 0 Å². The van der Waals surface area contributed by atoms with Crippen LogP contribution in [-0.4, -0.2) is 29.1 Å². The Balaban J connectivity index is 1.44. The molecule has 1 aliphatic rings. The van der Waals surface area contributed by atoms with Gasteiger partial charge >= 0.3 is 0 Å². The van der Waals surface area contributed by atoms with Crippen LogP contribution < -0.4 is 10.1 Å². The van der Waals surface area contributed by atoms with Crippen molar-refractivity contribution in [1.82, 2.24) is 4.90 Å². The molecule has 2 aromatic carbocycles. The van der Waals surface area contributed by atoms with E-state index in [1.807, 2.05) is 30.3 Å². The molecule has 1 heterocycles. The number of unbranched alkanes of at least 4 members (excludes halogenated alkanes) is 11. The Morgan fingerprint density at radius 1 is 0.902 bits per heavy atom. The first-order valence-corrected chi connectivity index (χ1v) is 16.7. The number of hydrogen-bond acceptors (Lipinski definition) is 5. The zero-order chi connectivity index (χ0) is 29.3. The highest BCUT2D eigenvalue weighted by atomic mass is 32.2. The number of benzene rings is 2. The van der Waals surface area contributed by atoms with E-state index < -0.39 is 0 Å². The van der Waals surface area contributed by atoms with Crippen molar-refractivity contribution in [1.29, 1.82) is 0 Å². The fraction of sp³-hybridized carbons (Fsp3) is 0.543. The summed E-state index contributed by atoms with van der Waals surface area (Å²) in [5, 5.41) is 5.22. The number of ketones is 1. The van der Waals surface area contributed by atoms with Gasteiger partial charge in [-0.25, -0.2) is 0 Å². The van der Waals surface area contributed by atoms with Crippen molar-refractivity contribution >= 4 is 29.1 Å². The number of allylic oxidation sites excluding steroid dienone is 1. The third-order valence-electron chi connectivity index (χ3n) is 7.64. The molecular formula is C35H50N2O3S. The first-order valence-electron chi connectivity index (χ1n) is 15.7. The molecule has 1 N–H and O–H groups in total. The van der Waals surface area contributed by atoms with Crippen molar-refractivity contribution in [3.8, 4) is 5.75 Å². The molecule has 3 rings (SSSR count). The molecule has 224 valence electrons. The van der Waals surface area contributed by atoms with Crippen molar-refractivity contribution in [2.45, 2.75) is 111 Å². The van der Waals surface area contributed by atoms with Crippen molar-refractivity contribution in [3.63, 3.8) is 0 Å². The lowest BCUT2D eigenvalue weighted by molar-refractivity contribution is -0.115. The van der Waals surface area contributed by atoms with Gasteiger partial charge in [-0.05, 0) is 49.4 Å². The fourth-order valence-corrected chi connectivity index (χ4v) is 6.17. The summed E-state index contributed by atoms with van der Waals surface area (Å²) in [6.07, 6.45) is 15.6. The molecule has 0 radical (unpaired) electrons. The number of carbonyl (C=O) groups is 2. The van der Waals surface area contributed by atoms with Gasteiger partial charge in [0.2, 0.25) is 5.91 Å². The molecule has 6 heteroatoms. The monoisotopic (exact) mass is 578 g/mol. The summed E-state index contributed by atoms with van der Waals surface area (Å²) < 4.78 is 6.16. The number of carbonyl (C=O) groups excluding carboxylic acids is 2. The Morgan fingerprint density at radius 2 is 1.56 bits per heavy atom. The number of amides is 1.